The Balaban J connectivity index is 2.26. The Kier molecular flexibility index (Phi) is 3.09. The highest BCUT2D eigenvalue weighted by atomic mass is 35.5. The quantitative estimate of drug-likeness (QED) is 0.576. The van der Waals surface area contributed by atoms with Crippen molar-refractivity contribution >= 4 is 28.3 Å². The summed E-state index contributed by atoms with van der Waals surface area (Å²) in [5.41, 5.74) is 9.22. The van der Waals surface area contributed by atoms with Crippen molar-refractivity contribution in [1.29, 1.82) is 0 Å². The molecule has 0 aliphatic heterocycles. The van der Waals surface area contributed by atoms with Gasteiger partial charge in [0.05, 0.1) is 17.6 Å². The molecule has 3 aromatic rings. The van der Waals surface area contributed by atoms with Crippen molar-refractivity contribution in [3.63, 3.8) is 0 Å². The lowest BCUT2D eigenvalue weighted by Crippen LogP contribution is -1.98. The van der Waals surface area contributed by atoms with E-state index in [4.69, 9.17) is 23.8 Å². The first-order valence-electron chi connectivity index (χ1n) is 6.14. The van der Waals surface area contributed by atoms with Gasteiger partial charge in [-0.2, -0.15) is 0 Å². The molecule has 20 heavy (non-hydrogen) atoms. The van der Waals surface area contributed by atoms with Gasteiger partial charge in [-0.15, -0.1) is 6.42 Å². The van der Waals surface area contributed by atoms with E-state index in [9.17, 15) is 0 Å². The summed E-state index contributed by atoms with van der Waals surface area (Å²) in [4.78, 5) is 4.63. The van der Waals surface area contributed by atoms with Gasteiger partial charge in [0.25, 0.3) is 0 Å². The van der Waals surface area contributed by atoms with Crippen LogP contribution >= 0.6 is 11.6 Å². The van der Waals surface area contributed by atoms with Gasteiger partial charge in [0.2, 0.25) is 0 Å². The number of terminal acetylenes is 1. The third-order valence-corrected chi connectivity index (χ3v) is 3.36. The Labute approximate surface area is 122 Å². The van der Waals surface area contributed by atoms with Crippen LogP contribution in [0.2, 0.25) is 5.02 Å². The second-order valence-corrected chi connectivity index (χ2v) is 4.92. The first-order chi connectivity index (χ1) is 9.69. The monoisotopic (exact) mass is 281 g/mol. The molecule has 3 rings (SSSR count). The third-order valence-electron chi connectivity index (χ3n) is 3.13. The van der Waals surface area contributed by atoms with E-state index in [1.165, 1.54) is 0 Å². The smallest absolute Gasteiger partial charge is 0.141 e. The number of hydrogen-bond acceptors (Lipinski definition) is 2. The fraction of sp³-hybridized carbons (Fsp3) is 0.0625. The van der Waals surface area contributed by atoms with Crippen molar-refractivity contribution in [1.82, 2.24) is 9.55 Å². The van der Waals surface area contributed by atoms with Crippen LogP contribution in [0.1, 0.15) is 0 Å². The average Bonchev–Trinajstić information content (AvgIpc) is 2.78. The van der Waals surface area contributed by atoms with Gasteiger partial charge in [0.1, 0.15) is 5.82 Å². The number of nitrogen functional groups attached to an aromatic ring is 1. The van der Waals surface area contributed by atoms with Crippen LogP contribution in [0.4, 0.5) is 5.69 Å². The second-order valence-electron chi connectivity index (χ2n) is 4.48. The number of aromatic nitrogens is 2. The van der Waals surface area contributed by atoms with Gasteiger partial charge in [-0.05, 0) is 42.5 Å². The number of halogens is 1. The summed E-state index contributed by atoms with van der Waals surface area (Å²) in [5, 5.41) is 0.659. The van der Waals surface area contributed by atoms with Crippen molar-refractivity contribution in [3.05, 3.63) is 47.5 Å². The minimum atomic E-state index is 0.456. The van der Waals surface area contributed by atoms with E-state index >= 15 is 0 Å². The van der Waals surface area contributed by atoms with E-state index in [1.54, 1.807) is 0 Å². The van der Waals surface area contributed by atoms with Gasteiger partial charge >= 0.3 is 0 Å². The fourth-order valence-electron chi connectivity index (χ4n) is 2.21. The zero-order valence-electron chi connectivity index (χ0n) is 10.7. The number of fused-ring (bicyclic) bond motifs is 1. The molecule has 1 aromatic heterocycles. The van der Waals surface area contributed by atoms with Crippen molar-refractivity contribution < 1.29 is 0 Å². The first-order valence-corrected chi connectivity index (χ1v) is 6.52. The number of hydrogen-bond donors (Lipinski definition) is 1. The summed E-state index contributed by atoms with van der Waals surface area (Å²) in [6.45, 7) is 0.456. The number of nitrogens with two attached hydrogens (primary N) is 1. The lowest BCUT2D eigenvalue weighted by atomic mass is 10.2. The molecule has 1 heterocycles. The maximum Gasteiger partial charge on any atom is 0.141 e. The molecule has 0 aliphatic rings. The Hall–Kier alpha value is -2.44. The molecule has 0 bridgehead atoms. The van der Waals surface area contributed by atoms with E-state index in [1.807, 2.05) is 47.0 Å². The number of anilines is 1. The van der Waals surface area contributed by atoms with Crippen molar-refractivity contribution in [2.24, 2.45) is 0 Å². The van der Waals surface area contributed by atoms with E-state index < -0.39 is 0 Å². The van der Waals surface area contributed by atoms with Crippen LogP contribution in [0.3, 0.4) is 0 Å². The second kappa shape index (κ2) is 4.92. The lowest BCUT2D eigenvalue weighted by molar-refractivity contribution is 0.882. The van der Waals surface area contributed by atoms with Crippen LogP contribution in [0.25, 0.3) is 22.4 Å². The molecule has 98 valence electrons. The maximum absolute atomic E-state index is 6.02. The van der Waals surface area contributed by atoms with Crippen molar-refractivity contribution in [2.75, 3.05) is 5.73 Å². The molecule has 4 heteroatoms. The van der Waals surface area contributed by atoms with Crippen LogP contribution in [-0.2, 0) is 6.54 Å². The Morgan fingerprint density at radius 2 is 1.95 bits per heavy atom. The topological polar surface area (TPSA) is 43.8 Å². The highest BCUT2D eigenvalue weighted by Crippen LogP contribution is 2.27. The highest BCUT2D eigenvalue weighted by Gasteiger charge is 2.12. The zero-order valence-corrected chi connectivity index (χ0v) is 11.4. The van der Waals surface area contributed by atoms with E-state index in [2.05, 4.69) is 10.9 Å². The van der Waals surface area contributed by atoms with Gasteiger partial charge in [0, 0.05) is 16.3 Å². The summed E-state index contributed by atoms with van der Waals surface area (Å²) in [6.07, 6.45) is 5.47. The molecule has 2 aromatic carbocycles. The molecule has 0 fully saturated rings. The predicted octanol–water partition coefficient (Wildman–Crippen LogP) is 3.57. The van der Waals surface area contributed by atoms with Crippen LogP contribution < -0.4 is 5.73 Å². The SMILES string of the molecule is C#CCn1c(-c2ccc(N)cc2)nc2cc(Cl)ccc21. The Bertz CT molecular complexity index is 810. The summed E-state index contributed by atoms with van der Waals surface area (Å²) in [6, 6.07) is 13.2. The molecule has 0 saturated heterocycles. The summed E-state index contributed by atoms with van der Waals surface area (Å²) in [7, 11) is 0. The van der Waals surface area contributed by atoms with Gasteiger partial charge in [-0.3, -0.25) is 0 Å². The molecule has 0 atom stereocenters. The average molecular weight is 282 g/mol. The summed E-state index contributed by atoms with van der Waals surface area (Å²) < 4.78 is 2.00. The Morgan fingerprint density at radius 3 is 2.65 bits per heavy atom. The molecule has 0 saturated carbocycles. The van der Waals surface area contributed by atoms with E-state index in [-0.39, 0.29) is 0 Å². The molecule has 0 radical (unpaired) electrons. The molecule has 3 nitrogen and oxygen atoms in total. The lowest BCUT2D eigenvalue weighted by Gasteiger charge is -2.05. The van der Waals surface area contributed by atoms with Crippen molar-refractivity contribution in [2.45, 2.75) is 6.54 Å². The fourth-order valence-corrected chi connectivity index (χ4v) is 2.37. The van der Waals surface area contributed by atoms with Crippen molar-refractivity contribution in [3.8, 4) is 23.7 Å². The molecular weight excluding hydrogens is 270 g/mol. The van der Waals surface area contributed by atoms with E-state index in [0.717, 1.165) is 28.1 Å². The maximum atomic E-state index is 6.02. The van der Waals surface area contributed by atoms with Gasteiger partial charge < -0.3 is 10.3 Å². The molecule has 0 unspecified atom stereocenters. The number of benzene rings is 2. The normalized spacial score (nSPS) is 10.6. The van der Waals surface area contributed by atoms with Gasteiger partial charge in [-0.1, -0.05) is 17.5 Å². The number of nitrogens with zero attached hydrogens (tertiary/aromatic N) is 2. The molecule has 0 aliphatic carbocycles. The van der Waals surface area contributed by atoms with Gasteiger partial charge in [0.15, 0.2) is 0 Å². The number of rotatable bonds is 2. The standard InChI is InChI=1S/C16H12ClN3/c1-2-9-20-15-8-5-12(17)10-14(15)19-16(20)11-3-6-13(18)7-4-11/h1,3-8,10H,9,18H2. The number of imidazole rings is 1. The first kappa shape index (κ1) is 12.6. The van der Waals surface area contributed by atoms with Crippen LogP contribution in [0.15, 0.2) is 42.5 Å². The highest BCUT2D eigenvalue weighted by molar-refractivity contribution is 6.31. The molecular formula is C16H12ClN3. The minimum absolute atomic E-state index is 0.456. The largest absolute Gasteiger partial charge is 0.399 e. The molecule has 0 spiro atoms. The van der Waals surface area contributed by atoms with E-state index in [0.29, 0.717) is 11.6 Å². The molecule has 0 amide bonds. The zero-order chi connectivity index (χ0) is 14.1. The summed E-state index contributed by atoms with van der Waals surface area (Å²) >= 11 is 6.02. The van der Waals surface area contributed by atoms with Gasteiger partial charge in [-0.25, -0.2) is 4.98 Å². The summed E-state index contributed by atoms with van der Waals surface area (Å²) in [5.74, 6) is 3.48. The Morgan fingerprint density at radius 1 is 1.20 bits per heavy atom. The van der Waals surface area contributed by atoms with Crippen LogP contribution in [0, 0.1) is 12.3 Å². The van der Waals surface area contributed by atoms with Crippen LogP contribution in [-0.4, -0.2) is 9.55 Å². The third kappa shape index (κ3) is 2.11. The molecule has 2 N–H and O–H groups in total. The predicted molar refractivity (Wildman–Crippen MR) is 83.4 cm³/mol. The minimum Gasteiger partial charge on any atom is -0.399 e. The van der Waals surface area contributed by atoms with Crippen LogP contribution in [0.5, 0.6) is 0 Å².